The summed E-state index contributed by atoms with van der Waals surface area (Å²) in [5, 5.41) is 11.8. The lowest BCUT2D eigenvalue weighted by molar-refractivity contribution is -0.384. The molecule has 128 valence electrons. The maximum Gasteiger partial charge on any atom is 0.291 e. The van der Waals surface area contributed by atoms with E-state index in [1.165, 1.54) is 34.8 Å². The highest BCUT2D eigenvalue weighted by Gasteiger charge is 2.15. The van der Waals surface area contributed by atoms with Gasteiger partial charge in [-0.2, -0.15) is 4.99 Å². The number of aryl methyl sites for hydroxylation is 2. The first-order valence-electron chi connectivity index (χ1n) is 7.32. The summed E-state index contributed by atoms with van der Waals surface area (Å²) >= 11 is 2.54. The molecule has 0 saturated heterocycles. The van der Waals surface area contributed by atoms with Crippen LogP contribution in [0.3, 0.4) is 0 Å². The minimum absolute atomic E-state index is 0.00584. The molecular formula is C16H14N4O3S2. The number of fused-ring (bicyclic) bond motifs is 1. The van der Waals surface area contributed by atoms with Crippen LogP contribution in [0.5, 0.6) is 0 Å². The van der Waals surface area contributed by atoms with Crippen molar-refractivity contribution in [3.05, 3.63) is 61.3 Å². The lowest BCUT2D eigenvalue weighted by Gasteiger charge is -2.00. The predicted octanol–water partition coefficient (Wildman–Crippen LogP) is 3.61. The fraction of sp³-hybridized carbons (Fsp3) is 0.188. The molecule has 1 amide bonds. The summed E-state index contributed by atoms with van der Waals surface area (Å²) in [6.07, 6.45) is 1.69. The molecule has 0 unspecified atom stereocenters. The summed E-state index contributed by atoms with van der Waals surface area (Å²) in [7, 11) is 0. The summed E-state index contributed by atoms with van der Waals surface area (Å²) in [5.41, 5.74) is 1.44. The second-order valence-corrected chi connectivity index (χ2v) is 7.47. The molecule has 3 rings (SSSR count). The number of hydrogen-bond acceptors (Lipinski definition) is 6. The molecule has 0 aliphatic heterocycles. The number of nitro benzene ring substituents is 1. The Balaban J connectivity index is 2.18. The lowest BCUT2D eigenvalue weighted by Crippen LogP contribution is -2.16. The summed E-state index contributed by atoms with van der Waals surface area (Å²) in [5.74, 6) is -0.359. The van der Waals surface area contributed by atoms with Crippen molar-refractivity contribution in [2.24, 2.45) is 4.99 Å². The lowest BCUT2D eigenvalue weighted by atomic mass is 10.3. The van der Waals surface area contributed by atoms with E-state index in [0.29, 0.717) is 26.6 Å². The molecule has 0 spiro atoms. The number of non-ortho nitro benzene ring substituents is 1. The molecule has 0 radical (unpaired) electrons. The van der Waals surface area contributed by atoms with E-state index in [9.17, 15) is 14.9 Å². The highest BCUT2D eigenvalue weighted by Crippen LogP contribution is 2.24. The number of carbonyl (C=O) groups is 1. The van der Waals surface area contributed by atoms with Crippen molar-refractivity contribution >= 4 is 44.5 Å². The van der Waals surface area contributed by atoms with Gasteiger partial charge in [-0.15, -0.1) is 17.9 Å². The van der Waals surface area contributed by atoms with Gasteiger partial charge in [-0.25, -0.2) is 4.98 Å². The van der Waals surface area contributed by atoms with E-state index in [1.807, 2.05) is 11.5 Å². The second kappa shape index (κ2) is 6.69. The van der Waals surface area contributed by atoms with E-state index in [-0.39, 0.29) is 11.6 Å². The third kappa shape index (κ3) is 3.28. The van der Waals surface area contributed by atoms with E-state index in [0.717, 1.165) is 10.5 Å². The van der Waals surface area contributed by atoms with Crippen LogP contribution in [0.4, 0.5) is 5.69 Å². The van der Waals surface area contributed by atoms with Crippen LogP contribution in [0.2, 0.25) is 0 Å². The Hall–Kier alpha value is -2.65. The zero-order chi connectivity index (χ0) is 18.1. The summed E-state index contributed by atoms with van der Waals surface area (Å²) in [4.78, 5) is 32.5. The third-order valence-corrected chi connectivity index (χ3v) is 5.59. The van der Waals surface area contributed by atoms with Crippen LogP contribution in [0, 0.1) is 24.0 Å². The molecule has 1 aromatic carbocycles. The molecule has 0 aliphatic rings. The summed E-state index contributed by atoms with van der Waals surface area (Å²) < 4.78 is 2.51. The highest BCUT2D eigenvalue weighted by atomic mass is 32.1. The van der Waals surface area contributed by atoms with Crippen molar-refractivity contribution in [3.63, 3.8) is 0 Å². The zero-order valence-corrected chi connectivity index (χ0v) is 15.2. The first-order valence-corrected chi connectivity index (χ1v) is 8.95. The minimum Gasteiger partial charge on any atom is -0.312 e. The maximum atomic E-state index is 12.5. The van der Waals surface area contributed by atoms with Crippen molar-refractivity contribution in [3.8, 4) is 0 Å². The summed E-state index contributed by atoms with van der Waals surface area (Å²) in [6.45, 7) is 7.79. The number of carbonyl (C=O) groups excluding carboxylic acids is 1. The Labute approximate surface area is 150 Å². The van der Waals surface area contributed by atoms with Gasteiger partial charge in [-0.05, 0) is 19.9 Å². The molecule has 0 N–H and O–H groups in total. The molecular weight excluding hydrogens is 360 g/mol. The van der Waals surface area contributed by atoms with Crippen molar-refractivity contribution in [1.29, 1.82) is 0 Å². The molecule has 0 saturated carbocycles. The Morgan fingerprint density at radius 3 is 2.80 bits per heavy atom. The summed E-state index contributed by atoms with van der Waals surface area (Å²) in [6, 6.07) is 4.60. The van der Waals surface area contributed by atoms with E-state index in [2.05, 4.69) is 16.6 Å². The van der Waals surface area contributed by atoms with Crippen LogP contribution in [0.1, 0.15) is 20.4 Å². The van der Waals surface area contributed by atoms with Gasteiger partial charge in [0.15, 0.2) is 4.80 Å². The maximum absolute atomic E-state index is 12.5. The minimum atomic E-state index is -0.442. The van der Waals surface area contributed by atoms with Crippen LogP contribution in [-0.4, -0.2) is 20.4 Å². The van der Waals surface area contributed by atoms with Gasteiger partial charge in [-0.1, -0.05) is 17.4 Å². The number of hydrogen-bond donors (Lipinski definition) is 0. The molecule has 0 atom stereocenters. The van der Waals surface area contributed by atoms with Gasteiger partial charge in [0, 0.05) is 18.7 Å². The standard InChI is InChI=1S/C16H14N4O3S2/c1-4-7-19-12-6-5-11(20(22)23)8-13(12)25-16(19)18-15(21)14-9(2)17-10(3)24-14/h4-6,8H,1,7H2,2-3H3. The van der Waals surface area contributed by atoms with Crippen molar-refractivity contribution in [1.82, 2.24) is 9.55 Å². The number of thiazole rings is 2. The van der Waals surface area contributed by atoms with Crippen molar-refractivity contribution < 1.29 is 9.72 Å². The van der Waals surface area contributed by atoms with Crippen molar-refractivity contribution in [2.45, 2.75) is 20.4 Å². The molecule has 0 aliphatic carbocycles. The molecule has 2 heterocycles. The van der Waals surface area contributed by atoms with Gasteiger partial charge < -0.3 is 4.57 Å². The number of allylic oxidation sites excluding steroid dienone is 1. The molecule has 0 fully saturated rings. The first kappa shape index (κ1) is 17.2. The Morgan fingerprint density at radius 2 is 2.20 bits per heavy atom. The Morgan fingerprint density at radius 1 is 1.44 bits per heavy atom. The van der Waals surface area contributed by atoms with Crippen LogP contribution in [-0.2, 0) is 6.54 Å². The number of nitro groups is 1. The van der Waals surface area contributed by atoms with Crippen LogP contribution in [0.25, 0.3) is 10.2 Å². The average molecular weight is 374 g/mol. The van der Waals surface area contributed by atoms with E-state index >= 15 is 0 Å². The van der Waals surface area contributed by atoms with Gasteiger partial charge in [0.05, 0.1) is 25.8 Å². The number of nitrogens with zero attached hydrogens (tertiary/aromatic N) is 4. The van der Waals surface area contributed by atoms with Gasteiger partial charge in [0.2, 0.25) is 0 Å². The monoisotopic (exact) mass is 374 g/mol. The van der Waals surface area contributed by atoms with Crippen LogP contribution < -0.4 is 4.80 Å². The molecule has 7 nitrogen and oxygen atoms in total. The molecule has 0 bridgehead atoms. The van der Waals surface area contributed by atoms with Gasteiger partial charge in [0.1, 0.15) is 4.88 Å². The molecule has 2 aromatic heterocycles. The first-order chi connectivity index (χ1) is 11.9. The van der Waals surface area contributed by atoms with Gasteiger partial charge in [-0.3, -0.25) is 14.9 Å². The van der Waals surface area contributed by atoms with E-state index in [1.54, 1.807) is 19.1 Å². The SMILES string of the molecule is C=CCn1c(=NC(=O)c2sc(C)nc2C)sc2cc([N+](=O)[O-])ccc21. The third-order valence-electron chi connectivity index (χ3n) is 3.48. The number of amides is 1. The topological polar surface area (TPSA) is 90.4 Å². The number of rotatable bonds is 4. The second-order valence-electron chi connectivity index (χ2n) is 5.26. The van der Waals surface area contributed by atoms with E-state index < -0.39 is 4.92 Å². The fourth-order valence-corrected chi connectivity index (χ4v) is 4.31. The average Bonchev–Trinajstić information content (AvgIpc) is 3.07. The van der Waals surface area contributed by atoms with Crippen molar-refractivity contribution in [2.75, 3.05) is 0 Å². The Kier molecular flexibility index (Phi) is 4.60. The smallest absolute Gasteiger partial charge is 0.291 e. The fourth-order valence-electron chi connectivity index (χ4n) is 2.43. The normalized spacial score (nSPS) is 11.8. The molecule has 25 heavy (non-hydrogen) atoms. The highest BCUT2D eigenvalue weighted by molar-refractivity contribution is 7.16. The van der Waals surface area contributed by atoms with Crippen LogP contribution >= 0.6 is 22.7 Å². The quantitative estimate of drug-likeness (QED) is 0.396. The van der Waals surface area contributed by atoms with E-state index in [4.69, 9.17) is 0 Å². The number of benzene rings is 1. The van der Waals surface area contributed by atoms with Gasteiger partial charge >= 0.3 is 0 Å². The van der Waals surface area contributed by atoms with Crippen LogP contribution in [0.15, 0.2) is 35.8 Å². The zero-order valence-electron chi connectivity index (χ0n) is 13.6. The molecule has 9 heteroatoms. The predicted molar refractivity (Wildman–Crippen MR) is 98.1 cm³/mol. The Bertz CT molecular complexity index is 1070. The largest absolute Gasteiger partial charge is 0.312 e. The number of aromatic nitrogens is 2. The molecule has 3 aromatic rings. The van der Waals surface area contributed by atoms with Gasteiger partial charge in [0.25, 0.3) is 11.6 Å².